The molecular weight excluding hydrogens is 344 g/mol. The molecule has 4 nitrogen and oxygen atoms in total. The highest BCUT2D eigenvalue weighted by Gasteiger charge is 2.73. The molecule has 0 radical (unpaired) electrons. The first-order valence-corrected chi connectivity index (χ1v) is 9.18. The average molecular weight is 357 g/mol. The maximum Gasteiger partial charge on any atom is 0.184 e. The van der Waals surface area contributed by atoms with E-state index in [1.165, 1.54) is 24.3 Å². The van der Waals surface area contributed by atoms with Crippen molar-refractivity contribution >= 4 is 21.4 Å². The van der Waals surface area contributed by atoms with Gasteiger partial charge in [0.15, 0.2) is 15.3 Å². The van der Waals surface area contributed by atoms with Crippen molar-refractivity contribution in [2.75, 3.05) is 0 Å². The molecule has 24 heavy (non-hydrogen) atoms. The van der Waals surface area contributed by atoms with Crippen LogP contribution in [0.2, 0.25) is 5.02 Å². The summed E-state index contributed by atoms with van der Waals surface area (Å²) in [4.78, 5) is 0.0707. The first-order valence-electron chi connectivity index (χ1n) is 7.25. The van der Waals surface area contributed by atoms with E-state index < -0.39 is 26.4 Å². The van der Waals surface area contributed by atoms with Crippen molar-refractivity contribution in [1.29, 1.82) is 10.5 Å². The lowest BCUT2D eigenvalue weighted by Gasteiger charge is -2.04. The smallest absolute Gasteiger partial charge is 0.184 e. The SMILES string of the molecule is Cc1ccc([C@H]2[C@@H](S(=O)(=O)c3ccc(Cl)cc3)C2(C#N)C#N)cc1. The lowest BCUT2D eigenvalue weighted by atomic mass is 10.0. The molecule has 0 heterocycles. The van der Waals surface area contributed by atoms with E-state index in [0.29, 0.717) is 10.6 Å². The molecule has 3 rings (SSSR count). The summed E-state index contributed by atoms with van der Waals surface area (Å²) in [6.45, 7) is 1.92. The number of nitriles is 2. The fourth-order valence-corrected chi connectivity index (χ4v) is 5.38. The lowest BCUT2D eigenvalue weighted by Crippen LogP contribution is -2.14. The summed E-state index contributed by atoms with van der Waals surface area (Å²) >= 11 is 5.81. The summed E-state index contributed by atoms with van der Waals surface area (Å²) in [7, 11) is -3.83. The molecule has 120 valence electrons. The fourth-order valence-electron chi connectivity index (χ4n) is 3.05. The molecule has 1 aliphatic carbocycles. The van der Waals surface area contributed by atoms with Crippen LogP contribution in [-0.4, -0.2) is 13.7 Å². The zero-order chi connectivity index (χ0) is 17.5. The highest BCUT2D eigenvalue weighted by Crippen LogP contribution is 2.63. The largest absolute Gasteiger partial charge is 0.223 e. The third-order valence-electron chi connectivity index (χ3n) is 4.42. The van der Waals surface area contributed by atoms with Gasteiger partial charge in [0.1, 0.15) is 5.25 Å². The topological polar surface area (TPSA) is 81.7 Å². The van der Waals surface area contributed by atoms with E-state index >= 15 is 0 Å². The summed E-state index contributed by atoms with van der Waals surface area (Å²) in [5.74, 6) is -0.659. The van der Waals surface area contributed by atoms with Gasteiger partial charge in [-0.05, 0) is 36.8 Å². The quantitative estimate of drug-likeness (QED) is 0.840. The number of nitrogens with zero attached hydrogens (tertiary/aromatic N) is 2. The Morgan fingerprint density at radius 2 is 1.54 bits per heavy atom. The van der Waals surface area contributed by atoms with E-state index in [1.54, 1.807) is 12.1 Å². The minimum Gasteiger partial charge on any atom is -0.223 e. The zero-order valence-corrected chi connectivity index (χ0v) is 14.3. The number of benzene rings is 2. The highest BCUT2D eigenvalue weighted by atomic mass is 35.5. The number of sulfone groups is 1. The van der Waals surface area contributed by atoms with Crippen LogP contribution in [0.15, 0.2) is 53.4 Å². The Morgan fingerprint density at radius 3 is 2.04 bits per heavy atom. The van der Waals surface area contributed by atoms with E-state index in [2.05, 4.69) is 0 Å². The van der Waals surface area contributed by atoms with Crippen LogP contribution in [0.25, 0.3) is 0 Å². The Morgan fingerprint density at radius 1 is 1.00 bits per heavy atom. The second-order valence-corrected chi connectivity index (χ2v) is 8.41. The summed E-state index contributed by atoms with van der Waals surface area (Å²) < 4.78 is 25.9. The van der Waals surface area contributed by atoms with E-state index in [0.717, 1.165) is 5.56 Å². The van der Waals surface area contributed by atoms with Crippen molar-refractivity contribution in [3.8, 4) is 12.1 Å². The van der Waals surface area contributed by atoms with Gasteiger partial charge in [-0.3, -0.25) is 0 Å². The second-order valence-electron chi connectivity index (χ2n) is 5.90. The van der Waals surface area contributed by atoms with Gasteiger partial charge >= 0.3 is 0 Å². The number of hydrogen-bond acceptors (Lipinski definition) is 4. The van der Waals surface area contributed by atoms with Crippen LogP contribution in [0.3, 0.4) is 0 Å². The Labute approximate surface area is 145 Å². The van der Waals surface area contributed by atoms with Gasteiger partial charge in [-0.25, -0.2) is 8.42 Å². The van der Waals surface area contributed by atoms with Crippen molar-refractivity contribution in [3.63, 3.8) is 0 Å². The third-order valence-corrected chi connectivity index (χ3v) is 6.91. The summed E-state index contributed by atoms with van der Waals surface area (Å²) in [5.41, 5.74) is 0.149. The molecule has 0 amide bonds. The van der Waals surface area contributed by atoms with Gasteiger partial charge in [0, 0.05) is 10.9 Å². The van der Waals surface area contributed by atoms with Crippen molar-refractivity contribution in [2.24, 2.45) is 5.41 Å². The molecule has 2 aromatic rings. The Kier molecular flexibility index (Phi) is 3.87. The summed E-state index contributed by atoms with van der Waals surface area (Å²) in [5, 5.41) is 18.4. The molecule has 1 aliphatic rings. The van der Waals surface area contributed by atoms with Crippen LogP contribution >= 0.6 is 11.6 Å². The highest BCUT2D eigenvalue weighted by molar-refractivity contribution is 7.92. The van der Waals surface area contributed by atoms with E-state index in [1.807, 2.05) is 31.2 Å². The maximum atomic E-state index is 12.9. The van der Waals surface area contributed by atoms with E-state index in [-0.39, 0.29) is 4.90 Å². The molecule has 6 heteroatoms. The minimum absolute atomic E-state index is 0.0707. The first-order chi connectivity index (χ1) is 11.4. The molecule has 2 atom stereocenters. The fraction of sp³-hybridized carbons (Fsp3) is 0.222. The van der Waals surface area contributed by atoms with Gasteiger partial charge in [0.25, 0.3) is 0 Å². The molecule has 2 aromatic carbocycles. The molecular formula is C18H13ClN2O2S. The normalized spacial score (nSPS) is 21.5. The molecule has 0 aromatic heterocycles. The first kappa shape index (κ1) is 16.5. The number of aryl methyl sites for hydroxylation is 1. The van der Waals surface area contributed by atoms with Crippen LogP contribution in [0.1, 0.15) is 17.0 Å². The average Bonchev–Trinajstić information content (AvgIpc) is 3.26. The number of hydrogen-bond donors (Lipinski definition) is 0. The molecule has 0 aliphatic heterocycles. The van der Waals surface area contributed by atoms with Crippen LogP contribution in [-0.2, 0) is 9.84 Å². The Balaban J connectivity index is 2.09. The van der Waals surface area contributed by atoms with Crippen LogP contribution in [0.5, 0.6) is 0 Å². The third kappa shape index (κ3) is 2.38. The monoisotopic (exact) mass is 356 g/mol. The standard InChI is InChI=1S/C18H13ClN2O2S/c1-12-2-4-13(5-3-12)16-17(18(16,10-20)11-21)24(22,23)15-8-6-14(19)7-9-15/h2-9,16-17H,1H3/t16-,17+/m0/s1. The molecule has 0 unspecified atom stereocenters. The van der Waals surface area contributed by atoms with Gasteiger partial charge in [0.05, 0.1) is 17.0 Å². The van der Waals surface area contributed by atoms with Crippen molar-refractivity contribution in [2.45, 2.75) is 23.0 Å². The van der Waals surface area contributed by atoms with Gasteiger partial charge in [-0.2, -0.15) is 10.5 Å². The molecule has 0 spiro atoms. The van der Waals surface area contributed by atoms with Crippen molar-refractivity contribution < 1.29 is 8.42 Å². The minimum atomic E-state index is -3.83. The number of rotatable bonds is 3. The Hall–Kier alpha value is -2.34. The summed E-state index contributed by atoms with van der Waals surface area (Å²) in [6, 6.07) is 16.9. The van der Waals surface area contributed by atoms with E-state index in [4.69, 9.17) is 11.6 Å². The van der Waals surface area contributed by atoms with Crippen LogP contribution in [0.4, 0.5) is 0 Å². The van der Waals surface area contributed by atoms with E-state index in [9.17, 15) is 18.9 Å². The molecule has 0 bridgehead atoms. The Bertz CT molecular complexity index is 954. The predicted molar refractivity (Wildman–Crippen MR) is 90.0 cm³/mol. The maximum absolute atomic E-state index is 12.9. The van der Waals surface area contributed by atoms with Gasteiger partial charge in [0.2, 0.25) is 0 Å². The lowest BCUT2D eigenvalue weighted by molar-refractivity contribution is 0.591. The molecule has 0 N–H and O–H groups in total. The molecule has 0 saturated heterocycles. The van der Waals surface area contributed by atoms with Gasteiger partial charge < -0.3 is 0 Å². The van der Waals surface area contributed by atoms with Crippen molar-refractivity contribution in [3.05, 3.63) is 64.7 Å². The molecule has 1 saturated carbocycles. The summed E-state index contributed by atoms with van der Waals surface area (Å²) in [6.07, 6.45) is 0. The van der Waals surface area contributed by atoms with Crippen LogP contribution in [0, 0.1) is 35.0 Å². The molecule has 1 fully saturated rings. The predicted octanol–water partition coefficient (Wildman–Crippen LogP) is 3.62. The van der Waals surface area contributed by atoms with Gasteiger partial charge in [-0.15, -0.1) is 0 Å². The second kappa shape index (κ2) is 5.63. The van der Waals surface area contributed by atoms with Crippen molar-refractivity contribution in [1.82, 2.24) is 0 Å². The number of halogens is 1. The zero-order valence-electron chi connectivity index (χ0n) is 12.8. The van der Waals surface area contributed by atoms with Gasteiger partial charge in [-0.1, -0.05) is 41.4 Å². The van der Waals surface area contributed by atoms with Crippen LogP contribution < -0.4 is 0 Å².